The number of nitrogens with one attached hydrogen (secondary N) is 1. The standard InChI is InChI=1S/C20H29N7O2/c1-20(2,3)11-27-15-8-7-14(24-17(15)25(4)19(27)29)13-6-5-9-26(10-13)18(28)16(22)23-12-21/h7-8,12-13H,5-6,9-11H2,1-4H3,(H3,21,22,23). The van der Waals surface area contributed by atoms with Crippen LogP contribution in [0.15, 0.2) is 21.9 Å². The van der Waals surface area contributed by atoms with Crippen LogP contribution in [0, 0.1) is 10.8 Å². The lowest BCUT2D eigenvalue weighted by Crippen LogP contribution is -2.45. The zero-order chi connectivity index (χ0) is 21.3. The van der Waals surface area contributed by atoms with Gasteiger partial charge in [-0.15, -0.1) is 0 Å². The van der Waals surface area contributed by atoms with E-state index in [-0.39, 0.29) is 28.8 Å². The maximum Gasteiger partial charge on any atom is 0.330 e. The van der Waals surface area contributed by atoms with Gasteiger partial charge in [-0.3, -0.25) is 19.3 Å². The van der Waals surface area contributed by atoms with E-state index in [0.29, 0.717) is 25.3 Å². The lowest BCUT2D eigenvalue weighted by molar-refractivity contribution is -0.125. The van der Waals surface area contributed by atoms with Crippen LogP contribution >= 0.6 is 0 Å². The number of rotatable bonds is 3. The average Bonchev–Trinajstić information content (AvgIpc) is 2.91. The second-order valence-electron chi connectivity index (χ2n) is 8.80. The fraction of sp³-hybridized carbons (Fsp3) is 0.550. The Kier molecular flexibility index (Phi) is 5.59. The molecule has 29 heavy (non-hydrogen) atoms. The number of amidine groups is 1. The maximum absolute atomic E-state index is 12.7. The van der Waals surface area contributed by atoms with Crippen LogP contribution in [0.5, 0.6) is 0 Å². The SMILES string of the molecule is Cn1c(=O)n(CC(C)(C)C)c2ccc(C3CCCN(C(=O)/C(N)=N/C=N)C3)nc21. The highest BCUT2D eigenvalue weighted by molar-refractivity contribution is 6.38. The zero-order valence-electron chi connectivity index (χ0n) is 17.5. The van der Waals surface area contributed by atoms with Gasteiger partial charge in [-0.2, -0.15) is 0 Å². The zero-order valence-corrected chi connectivity index (χ0v) is 17.5. The number of carbonyl (C=O) groups is 1. The number of piperidine rings is 1. The first-order valence-electron chi connectivity index (χ1n) is 9.80. The fourth-order valence-electron chi connectivity index (χ4n) is 3.83. The number of aromatic nitrogens is 3. The Morgan fingerprint density at radius 1 is 1.41 bits per heavy atom. The molecule has 1 fully saturated rings. The van der Waals surface area contributed by atoms with E-state index in [1.165, 1.54) is 0 Å². The molecule has 0 bridgehead atoms. The molecular formula is C20H29N7O2. The first-order chi connectivity index (χ1) is 13.6. The average molecular weight is 399 g/mol. The van der Waals surface area contributed by atoms with Crippen molar-refractivity contribution in [2.24, 2.45) is 23.2 Å². The third-order valence-corrected chi connectivity index (χ3v) is 5.18. The summed E-state index contributed by atoms with van der Waals surface area (Å²) in [5, 5.41) is 6.98. The van der Waals surface area contributed by atoms with Crippen molar-refractivity contribution in [3.63, 3.8) is 0 Å². The van der Waals surface area contributed by atoms with Gasteiger partial charge in [-0.1, -0.05) is 20.8 Å². The third-order valence-electron chi connectivity index (χ3n) is 5.18. The Bertz CT molecular complexity index is 1030. The minimum Gasteiger partial charge on any atom is -0.379 e. The van der Waals surface area contributed by atoms with Crippen LogP contribution in [0.3, 0.4) is 0 Å². The lowest BCUT2D eigenvalue weighted by atomic mass is 9.94. The number of hydrogen-bond donors (Lipinski definition) is 2. The topological polar surface area (TPSA) is 122 Å². The molecule has 2 aromatic heterocycles. The van der Waals surface area contributed by atoms with Crippen LogP contribution in [0.4, 0.5) is 0 Å². The molecule has 3 heterocycles. The van der Waals surface area contributed by atoms with Crippen molar-refractivity contribution in [1.29, 1.82) is 5.41 Å². The van der Waals surface area contributed by atoms with Crippen molar-refractivity contribution in [3.8, 4) is 0 Å². The smallest absolute Gasteiger partial charge is 0.330 e. The summed E-state index contributed by atoms with van der Waals surface area (Å²) in [7, 11) is 1.74. The first kappa shape index (κ1) is 20.8. The molecule has 9 nitrogen and oxygen atoms in total. The monoisotopic (exact) mass is 399 g/mol. The van der Waals surface area contributed by atoms with E-state index >= 15 is 0 Å². The Hall–Kier alpha value is -2.97. The third kappa shape index (κ3) is 4.23. The van der Waals surface area contributed by atoms with E-state index in [1.807, 2.05) is 12.1 Å². The number of carbonyl (C=O) groups excluding carboxylic acids is 1. The van der Waals surface area contributed by atoms with Crippen LogP contribution in [-0.2, 0) is 18.4 Å². The van der Waals surface area contributed by atoms with Gasteiger partial charge in [0.15, 0.2) is 11.5 Å². The number of nitrogens with zero attached hydrogens (tertiary/aromatic N) is 5. The van der Waals surface area contributed by atoms with Crippen molar-refractivity contribution in [2.45, 2.75) is 46.1 Å². The predicted octanol–water partition coefficient (Wildman–Crippen LogP) is 1.45. The second-order valence-corrected chi connectivity index (χ2v) is 8.80. The summed E-state index contributed by atoms with van der Waals surface area (Å²) in [6.07, 6.45) is 2.51. The summed E-state index contributed by atoms with van der Waals surface area (Å²) in [6, 6.07) is 3.91. The fourth-order valence-corrected chi connectivity index (χ4v) is 3.83. The summed E-state index contributed by atoms with van der Waals surface area (Å²) in [4.78, 5) is 35.2. The Labute approximate surface area is 169 Å². The van der Waals surface area contributed by atoms with E-state index < -0.39 is 0 Å². The van der Waals surface area contributed by atoms with Gasteiger partial charge in [0.05, 0.1) is 5.52 Å². The molecule has 0 saturated carbocycles. The number of likely N-dealkylation sites (tertiary alicyclic amines) is 1. The highest BCUT2D eigenvalue weighted by atomic mass is 16.2. The van der Waals surface area contributed by atoms with Crippen molar-refractivity contribution < 1.29 is 4.79 Å². The number of aliphatic imine (C=N–C) groups is 1. The van der Waals surface area contributed by atoms with Crippen molar-refractivity contribution >= 4 is 29.2 Å². The van der Waals surface area contributed by atoms with Gasteiger partial charge in [0.2, 0.25) is 0 Å². The van der Waals surface area contributed by atoms with Gasteiger partial charge in [-0.05, 0) is 30.4 Å². The minimum absolute atomic E-state index is 0.0288. The summed E-state index contributed by atoms with van der Waals surface area (Å²) >= 11 is 0. The number of aryl methyl sites for hydroxylation is 1. The van der Waals surface area contributed by atoms with Crippen LogP contribution in [0.1, 0.15) is 45.2 Å². The molecule has 1 saturated heterocycles. The minimum atomic E-state index is -0.358. The number of nitrogens with two attached hydrogens (primary N) is 1. The maximum atomic E-state index is 12.7. The summed E-state index contributed by atoms with van der Waals surface area (Å²) in [5.41, 5.74) is 7.90. The van der Waals surface area contributed by atoms with Gasteiger partial charge in [-0.25, -0.2) is 14.8 Å². The quantitative estimate of drug-likeness (QED) is 0.599. The molecule has 1 unspecified atom stereocenters. The van der Waals surface area contributed by atoms with Crippen LogP contribution in [0.2, 0.25) is 0 Å². The van der Waals surface area contributed by atoms with E-state index in [9.17, 15) is 9.59 Å². The molecule has 1 atom stereocenters. The second kappa shape index (κ2) is 7.81. The van der Waals surface area contributed by atoms with Crippen LogP contribution in [0.25, 0.3) is 11.2 Å². The molecule has 0 aliphatic carbocycles. The molecular weight excluding hydrogens is 370 g/mol. The highest BCUT2D eigenvalue weighted by Crippen LogP contribution is 2.27. The number of pyridine rings is 1. The molecule has 2 aromatic rings. The lowest BCUT2D eigenvalue weighted by Gasteiger charge is -2.32. The van der Waals surface area contributed by atoms with Gasteiger partial charge in [0.1, 0.15) is 6.34 Å². The van der Waals surface area contributed by atoms with E-state index in [1.54, 1.807) is 21.1 Å². The number of amides is 1. The molecule has 1 aliphatic rings. The molecule has 0 aromatic carbocycles. The van der Waals surface area contributed by atoms with Gasteiger partial charge < -0.3 is 10.6 Å². The largest absolute Gasteiger partial charge is 0.379 e. The number of hydrogen-bond acceptors (Lipinski definition) is 4. The van der Waals surface area contributed by atoms with Gasteiger partial charge in [0.25, 0.3) is 5.91 Å². The number of imidazole rings is 1. The molecule has 156 valence electrons. The normalized spacial score (nSPS) is 18.3. The van der Waals surface area contributed by atoms with Crippen LogP contribution < -0.4 is 11.4 Å². The van der Waals surface area contributed by atoms with Crippen molar-refractivity contribution in [3.05, 3.63) is 28.3 Å². The van der Waals surface area contributed by atoms with Crippen LogP contribution in [-0.4, -0.2) is 50.2 Å². The summed E-state index contributed by atoms with van der Waals surface area (Å²) in [6.45, 7) is 8.00. The van der Waals surface area contributed by atoms with Gasteiger partial charge >= 0.3 is 5.69 Å². The predicted molar refractivity (Wildman–Crippen MR) is 113 cm³/mol. The Morgan fingerprint density at radius 3 is 2.79 bits per heavy atom. The first-order valence-corrected chi connectivity index (χ1v) is 9.80. The molecule has 3 N–H and O–H groups in total. The van der Waals surface area contributed by atoms with Gasteiger partial charge in [0, 0.05) is 38.3 Å². The van der Waals surface area contributed by atoms with E-state index in [0.717, 1.165) is 30.4 Å². The summed E-state index contributed by atoms with van der Waals surface area (Å²) < 4.78 is 3.36. The Morgan fingerprint density at radius 2 is 2.14 bits per heavy atom. The summed E-state index contributed by atoms with van der Waals surface area (Å²) in [5.74, 6) is -0.473. The molecule has 0 spiro atoms. The molecule has 1 amide bonds. The molecule has 1 aliphatic heterocycles. The van der Waals surface area contributed by atoms with E-state index in [2.05, 4.69) is 25.8 Å². The van der Waals surface area contributed by atoms with E-state index in [4.69, 9.17) is 16.1 Å². The molecule has 3 rings (SSSR count). The highest BCUT2D eigenvalue weighted by Gasteiger charge is 2.28. The Balaban J connectivity index is 1.91. The molecule has 0 radical (unpaired) electrons. The number of fused-ring (bicyclic) bond motifs is 1. The molecule has 9 heteroatoms. The van der Waals surface area contributed by atoms with Crippen molar-refractivity contribution in [2.75, 3.05) is 13.1 Å². The van der Waals surface area contributed by atoms with Crippen molar-refractivity contribution in [1.82, 2.24) is 19.0 Å².